The number of aliphatic hydroxyl groups excluding tert-OH is 1. The second-order valence-electron chi connectivity index (χ2n) is 3.59. The average molecular weight is 172 g/mol. The molecule has 70 valence electrons. The Morgan fingerprint density at radius 3 is 2.42 bits per heavy atom. The van der Waals surface area contributed by atoms with Crippen molar-refractivity contribution in [2.75, 3.05) is 0 Å². The van der Waals surface area contributed by atoms with Gasteiger partial charge in [0.2, 0.25) is 0 Å². The highest BCUT2D eigenvalue weighted by molar-refractivity contribution is 5.71. The molecule has 1 fully saturated rings. The van der Waals surface area contributed by atoms with Crippen LogP contribution in [0.5, 0.6) is 0 Å². The van der Waals surface area contributed by atoms with Crippen LogP contribution >= 0.6 is 0 Å². The monoisotopic (exact) mass is 172 g/mol. The molecule has 3 nitrogen and oxygen atoms in total. The number of carboxylic acids is 1. The average Bonchev–Trinajstić information content (AvgIpc) is 2.06. The molecule has 0 amide bonds. The molecule has 1 rings (SSSR count). The van der Waals surface area contributed by atoms with E-state index >= 15 is 0 Å². The predicted molar refractivity (Wildman–Crippen MR) is 44.8 cm³/mol. The lowest BCUT2D eigenvalue weighted by atomic mass is 9.85. The zero-order chi connectivity index (χ0) is 8.97. The molecule has 3 heteroatoms. The van der Waals surface area contributed by atoms with Gasteiger partial charge >= 0.3 is 5.97 Å². The molecule has 1 aliphatic rings. The molecule has 1 saturated carbocycles. The summed E-state index contributed by atoms with van der Waals surface area (Å²) in [6.45, 7) is 0. The van der Waals surface area contributed by atoms with Crippen LogP contribution in [0.2, 0.25) is 0 Å². The number of aliphatic carboxylic acids is 1. The molecule has 0 heterocycles. The van der Waals surface area contributed by atoms with Gasteiger partial charge in [0.05, 0.1) is 0 Å². The van der Waals surface area contributed by atoms with Gasteiger partial charge in [-0.25, -0.2) is 4.79 Å². The second-order valence-corrected chi connectivity index (χ2v) is 3.59. The highest BCUT2D eigenvalue weighted by atomic mass is 16.4. The summed E-state index contributed by atoms with van der Waals surface area (Å²) in [6, 6.07) is 0. The first-order chi connectivity index (χ1) is 5.70. The van der Waals surface area contributed by atoms with Crippen molar-refractivity contribution in [3.8, 4) is 0 Å². The number of aliphatic hydroxyl groups is 1. The van der Waals surface area contributed by atoms with Crippen molar-refractivity contribution in [2.45, 2.75) is 44.6 Å². The van der Waals surface area contributed by atoms with Crippen LogP contribution in [0.3, 0.4) is 0 Å². The third kappa shape index (κ3) is 2.81. The quantitative estimate of drug-likeness (QED) is 0.676. The lowest BCUT2D eigenvalue weighted by molar-refractivity contribution is -0.147. The molecular formula is C9H16O3. The van der Waals surface area contributed by atoms with Crippen molar-refractivity contribution in [1.82, 2.24) is 0 Å². The van der Waals surface area contributed by atoms with E-state index in [1.54, 1.807) is 0 Å². The Kier molecular flexibility index (Phi) is 3.53. The summed E-state index contributed by atoms with van der Waals surface area (Å²) in [5, 5.41) is 17.5. The second kappa shape index (κ2) is 4.45. The topological polar surface area (TPSA) is 57.5 Å². The lowest BCUT2D eigenvalue weighted by Crippen LogP contribution is -2.24. The van der Waals surface area contributed by atoms with E-state index in [9.17, 15) is 4.79 Å². The Hall–Kier alpha value is -0.570. The number of rotatable bonds is 3. The Labute approximate surface area is 72.4 Å². The van der Waals surface area contributed by atoms with E-state index in [-0.39, 0.29) is 0 Å². The van der Waals surface area contributed by atoms with E-state index in [4.69, 9.17) is 10.2 Å². The van der Waals surface area contributed by atoms with E-state index < -0.39 is 12.1 Å². The zero-order valence-electron chi connectivity index (χ0n) is 7.20. The molecule has 1 atom stereocenters. The van der Waals surface area contributed by atoms with Gasteiger partial charge in [-0.15, -0.1) is 0 Å². The maximum atomic E-state index is 10.3. The predicted octanol–water partition coefficient (Wildman–Crippen LogP) is 1.40. The van der Waals surface area contributed by atoms with Gasteiger partial charge < -0.3 is 10.2 Å². The zero-order valence-corrected chi connectivity index (χ0v) is 7.20. The van der Waals surface area contributed by atoms with Crippen LogP contribution in [0.1, 0.15) is 38.5 Å². The highest BCUT2D eigenvalue weighted by Gasteiger charge is 2.21. The van der Waals surface area contributed by atoms with Crippen molar-refractivity contribution in [2.24, 2.45) is 5.92 Å². The Bertz CT molecular complexity index is 150. The summed E-state index contributed by atoms with van der Waals surface area (Å²) in [5.41, 5.74) is 0. The van der Waals surface area contributed by atoms with Crippen LogP contribution in [0.4, 0.5) is 0 Å². The van der Waals surface area contributed by atoms with Crippen molar-refractivity contribution in [1.29, 1.82) is 0 Å². The largest absolute Gasteiger partial charge is 0.479 e. The van der Waals surface area contributed by atoms with Crippen molar-refractivity contribution < 1.29 is 15.0 Å². The molecule has 0 bridgehead atoms. The minimum atomic E-state index is -1.15. The summed E-state index contributed by atoms with van der Waals surface area (Å²) in [7, 11) is 0. The number of hydrogen-bond acceptors (Lipinski definition) is 2. The first-order valence-corrected chi connectivity index (χ1v) is 4.61. The third-order valence-corrected chi connectivity index (χ3v) is 2.57. The molecule has 2 N–H and O–H groups in total. The summed E-state index contributed by atoms with van der Waals surface area (Å²) in [5.74, 6) is -0.648. The maximum Gasteiger partial charge on any atom is 0.332 e. The molecule has 1 unspecified atom stereocenters. The molecule has 0 radical (unpaired) electrons. The fraction of sp³-hybridized carbons (Fsp3) is 0.889. The van der Waals surface area contributed by atoms with Crippen LogP contribution in [0.15, 0.2) is 0 Å². The first-order valence-electron chi connectivity index (χ1n) is 4.61. The van der Waals surface area contributed by atoms with E-state index in [0.717, 1.165) is 12.8 Å². The van der Waals surface area contributed by atoms with Gasteiger partial charge in [0, 0.05) is 0 Å². The summed E-state index contributed by atoms with van der Waals surface area (Å²) in [6.07, 6.45) is 5.12. The van der Waals surface area contributed by atoms with Crippen LogP contribution in [0.25, 0.3) is 0 Å². The van der Waals surface area contributed by atoms with Gasteiger partial charge in [0.25, 0.3) is 0 Å². The number of hydrogen-bond donors (Lipinski definition) is 2. The third-order valence-electron chi connectivity index (χ3n) is 2.57. The van der Waals surface area contributed by atoms with E-state index in [2.05, 4.69) is 0 Å². The standard InChI is InChI=1S/C9H16O3/c10-8(9(11)12)6-7-4-2-1-3-5-7/h7-8,10H,1-6H2,(H,11,12). The van der Waals surface area contributed by atoms with Gasteiger partial charge in [-0.05, 0) is 12.3 Å². The Morgan fingerprint density at radius 2 is 1.92 bits per heavy atom. The molecule has 0 spiro atoms. The minimum absolute atomic E-state index is 0.435. The van der Waals surface area contributed by atoms with Gasteiger partial charge in [0.1, 0.15) is 0 Å². The van der Waals surface area contributed by atoms with Crippen LogP contribution in [-0.4, -0.2) is 22.3 Å². The van der Waals surface area contributed by atoms with Crippen LogP contribution in [-0.2, 0) is 4.79 Å². The fourth-order valence-corrected chi connectivity index (χ4v) is 1.84. The van der Waals surface area contributed by atoms with Crippen LogP contribution < -0.4 is 0 Å². The van der Waals surface area contributed by atoms with Gasteiger partial charge in [-0.3, -0.25) is 0 Å². The first kappa shape index (κ1) is 9.52. The highest BCUT2D eigenvalue weighted by Crippen LogP contribution is 2.27. The smallest absolute Gasteiger partial charge is 0.332 e. The number of carboxylic acid groups (broad SMARTS) is 1. The van der Waals surface area contributed by atoms with E-state index in [1.807, 2.05) is 0 Å². The molecular weight excluding hydrogens is 156 g/mol. The van der Waals surface area contributed by atoms with Gasteiger partial charge in [0.15, 0.2) is 6.10 Å². The molecule has 1 aliphatic carbocycles. The maximum absolute atomic E-state index is 10.3. The molecule has 0 saturated heterocycles. The molecule has 0 aromatic rings. The summed E-state index contributed by atoms with van der Waals surface area (Å²) >= 11 is 0. The van der Waals surface area contributed by atoms with E-state index in [0.29, 0.717) is 12.3 Å². The van der Waals surface area contributed by atoms with Crippen molar-refractivity contribution >= 4 is 5.97 Å². The van der Waals surface area contributed by atoms with Crippen molar-refractivity contribution in [3.63, 3.8) is 0 Å². The molecule has 0 aromatic heterocycles. The fourth-order valence-electron chi connectivity index (χ4n) is 1.84. The Balaban J connectivity index is 2.24. The van der Waals surface area contributed by atoms with Gasteiger partial charge in [-0.1, -0.05) is 32.1 Å². The molecule has 0 aromatic carbocycles. The van der Waals surface area contributed by atoms with E-state index in [1.165, 1.54) is 19.3 Å². The van der Waals surface area contributed by atoms with Crippen LogP contribution in [0, 0.1) is 5.92 Å². The Morgan fingerprint density at radius 1 is 1.33 bits per heavy atom. The lowest BCUT2D eigenvalue weighted by Gasteiger charge is -2.22. The molecule has 0 aliphatic heterocycles. The van der Waals surface area contributed by atoms with Crippen molar-refractivity contribution in [3.05, 3.63) is 0 Å². The molecule has 12 heavy (non-hydrogen) atoms. The number of carbonyl (C=O) groups is 1. The summed E-state index contributed by atoms with van der Waals surface area (Å²) in [4.78, 5) is 10.3. The minimum Gasteiger partial charge on any atom is -0.479 e. The SMILES string of the molecule is O=C(O)C(O)CC1CCCCC1. The normalized spacial score (nSPS) is 22.1. The van der Waals surface area contributed by atoms with Gasteiger partial charge in [-0.2, -0.15) is 0 Å². The summed E-state index contributed by atoms with van der Waals surface area (Å²) < 4.78 is 0.